The van der Waals surface area contributed by atoms with E-state index in [0.29, 0.717) is 6.54 Å². The summed E-state index contributed by atoms with van der Waals surface area (Å²) in [4.78, 5) is 25.6. The number of hydrogen-bond donors (Lipinski definition) is 0. The van der Waals surface area contributed by atoms with E-state index in [-0.39, 0.29) is 5.97 Å². The van der Waals surface area contributed by atoms with Crippen LogP contribution in [0.25, 0.3) is 0 Å². The minimum atomic E-state index is -1.43. The van der Waals surface area contributed by atoms with Gasteiger partial charge in [-0.25, -0.2) is 9.59 Å². The molecule has 1 atom stereocenters. The first kappa shape index (κ1) is 16.0. The van der Waals surface area contributed by atoms with E-state index >= 15 is 0 Å². The van der Waals surface area contributed by atoms with E-state index in [4.69, 9.17) is 9.47 Å². The van der Waals surface area contributed by atoms with Crippen LogP contribution in [0.2, 0.25) is 25.2 Å². The van der Waals surface area contributed by atoms with Crippen molar-refractivity contribution in [3.8, 4) is 0 Å². The standard InChI is InChI=1S/C13H25NO4Si/c1-13(2,3)18-12(16)14-7-8-19(5,6)9-10(14)11(15)17-4/h10H,7-9H2,1-6H3. The van der Waals surface area contributed by atoms with E-state index in [1.165, 1.54) is 12.0 Å². The molecule has 0 aromatic heterocycles. The van der Waals surface area contributed by atoms with Crippen molar-refractivity contribution >= 4 is 20.1 Å². The van der Waals surface area contributed by atoms with Crippen molar-refractivity contribution in [3.05, 3.63) is 0 Å². The van der Waals surface area contributed by atoms with E-state index in [2.05, 4.69) is 13.1 Å². The number of hydrogen-bond acceptors (Lipinski definition) is 4. The highest BCUT2D eigenvalue weighted by molar-refractivity contribution is 6.78. The van der Waals surface area contributed by atoms with Gasteiger partial charge in [0.15, 0.2) is 0 Å². The minimum Gasteiger partial charge on any atom is -0.467 e. The highest BCUT2D eigenvalue weighted by Gasteiger charge is 2.42. The second-order valence-electron chi connectivity index (χ2n) is 6.83. The lowest BCUT2D eigenvalue weighted by Crippen LogP contribution is -2.56. The molecule has 5 nitrogen and oxygen atoms in total. The Morgan fingerprint density at radius 3 is 2.32 bits per heavy atom. The van der Waals surface area contributed by atoms with Crippen molar-refractivity contribution in [2.45, 2.75) is 57.6 Å². The molecular weight excluding hydrogens is 262 g/mol. The first-order valence-corrected chi connectivity index (χ1v) is 10.0. The van der Waals surface area contributed by atoms with Crippen LogP contribution in [0.15, 0.2) is 0 Å². The number of rotatable bonds is 1. The summed E-state index contributed by atoms with van der Waals surface area (Å²) < 4.78 is 10.2. The van der Waals surface area contributed by atoms with Gasteiger partial charge in [0.05, 0.1) is 15.2 Å². The number of ether oxygens (including phenoxy) is 2. The number of nitrogens with zero attached hydrogens (tertiary/aromatic N) is 1. The molecule has 0 aliphatic carbocycles. The van der Waals surface area contributed by atoms with Gasteiger partial charge >= 0.3 is 12.1 Å². The Morgan fingerprint density at radius 2 is 1.84 bits per heavy atom. The number of amides is 1. The van der Waals surface area contributed by atoms with Crippen LogP contribution in [0.1, 0.15) is 20.8 Å². The van der Waals surface area contributed by atoms with Crippen LogP contribution < -0.4 is 0 Å². The molecule has 1 unspecified atom stereocenters. The minimum absolute atomic E-state index is 0.342. The molecule has 1 aliphatic heterocycles. The normalized spacial score (nSPS) is 22.8. The van der Waals surface area contributed by atoms with Gasteiger partial charge in [0.1, 0.15) is 11.6 Å². The Hall–Kier alpha value is -1.04. The van der Waals surface area contributed by atoms with Gasteiger partial charge in [-0.15, -0.1) is 0 Å². The summed E-state index contributed by atoms with van der Waals surface area (Å²) in [5.74, 6) is -0.342. The highest BCUT2D eigenvalue weighted by atomic mass is 28.3. The van der Waals surface area contributed by atoms with Gasteiger partial charge < -0.3 is 9.47 Å². The fourth-order valence-corrected chi connectivity index (χ4v) is 4.68. The molecule has 0 spiro atoms. The third-order valence-corrected chi connectivity index (χ3v) is 6.32. The van der Waals surface area contributed by atoms with Gasteiger partial charge in [-0.3, -0.25) is 4.90 Å². The third kappa shape index (κ3) is 4.52. The Bertz CT molecular complexity index is 362. The van der Waals surface area contributed by atoms with Crippen LogP contribution >= 0.6 is 0 Å². The zero-order valence-electron chi connectivity index (χ0n) is 12.8. The molecule has 1 amide bonds. The smallest absolute Gasteiger partial charge is 0.411 e. The second-order valence-corrected chi connectivity index (χ2v) is 12.1. The molecule has 0 radical (unpaired) electrons. The molecule has 1 aliphatic rings. The molecule has 0 N–H and O–H groups in total. The van der Waals surface area contributed by atoms with Crippen LogP contribution in [-0.4, -0.2) is 50.3 Å². The molecule has 1 rings (SSSR count). The van der Waals surface area contributed by atoms with Crippen LogP contribution in [0, 0.1) is 0 Å². The van der Waals surface area contributed by atoms with Crippen molar-refractivity contribution in [1.29, 1.82) is 0 Å². The maximum Gasteiger partial charge on any atom is 0.411 e. The third-order valence-electron chi connectivity index (χ3n) is 3.25. The molecule has 0 bridgehead atoms. The summed E-state index contributed by atoms with van der Waals surface area (Å²) in [7, 11) is -0.0693. The van der Waals surface area contributed by atoms with E-state index in [9.17, 15) is 9.59 Å². The topological polar surface area (TPSA) is 55.8 Å². The lowest BCUT2D eigenvalue weighted by Gasteiger charge is -2.41. The van der Waals surface area contributed by atoms with Gasteiger partial charge in [-0.05, 0) is 32.9 Å². The van der Waals surface area contributed by atoms with Crippen LogP contribution in [0.4, 0.5) is 4.79 Å². The Kier molecular flexibility index (Phi) is 4.66. The molecule has 0 aromatic carbocycles. The van der Waals surface area contributed by atoms with Gasteiger partial charge in [-0.2, -0.15) is 0 Å². The van der Waals surface area contributed by atoms with E-state index in [1.807, 2.05) is 20.8 Å². The second kappa shape index (κ2) is 5.52. The Morgan fingerprint density at radius 1 is 1.26 bits per heavy atom. The molecule has 110 valence electrons. The molecule has 1 saturated heterocycles. The summed E-state index contributed by atoms with van der Waals surface area (Å²) in [6.45, 7) is 10.5. The number of carbonyl (C=O) groups is 2. The maximum absolute atomic E-state index is 12.2. The summed E-state index contributed by atoms with van der Waals surface area (Å²) in [5.41, 5.74) is -0.553. The monoisotopic (exact) mass is 287 g/mol. The van der Waals surface area contributed by atoms with Crippen molar-refractivity contribution in [3.63, 3.8) is 0 Å². The Balaban J connectivity index is 2.85. The summed E-state index contributed by atoms with van der Waals surface area (Å²) in [6, 6.07) is 1.23. The van der Waals surface area contributed by atoms with Gasteiger partial charge in [0.2, 0.25) is 0 Å². The van der Waals surface area contributed by atoms with Crippen molar-refractivity contribution in [2.24, 2.45) is 0 Å². The molecule has 0 aromatic rings. The molecule has 6 heteroatoms. The molecular formula is C13H25NO4Si. The van der Waals surface area contributed by atoms with Crippen LogP contribution in [0.3, 0.4) is 0 Å². The molecule has 1 heterocycles. The van der Waals surface area contributed by atoms with Crippen molar-refractivity contribution in [1.82, 2.24) is 4.90 Å². The summed E-state index contributed by atoms with van der Waals surface area (Å²) >= 11 is 0. The lowest BCUT2D eigenvalue weighted by atomic mass is 10.2. The van der Waals surface area contributed by atoms with Crippen LogP contribution in [0.5, 0.6) is 0 Å². The average molecular weight is 287 g/mol. The predicted molar refractivity (Wildman–Crippen MR) is 75.8 cm³/mol. The maximum atomic E-state index is 12.2. The average Bonchev–Trinajstić information content (AvgIpc) is 2.24. The van der Waals surface area contributed by atoms with E-state index < -0.39 is 25.8 Å². The quantitative estimate of drug-likeness (QED) is 0.549. The largest absolute Gasteiger partial charge is 0.467 e. The zero-order chi connectivity index (χ0) is 14.8. The molecule has 19 heavy (non-hydrogen) atoms. The van der Waals surface area contributed by atoms with Crippen molar-refractivity contribution in [2.75, 3.05) is 13.7 Å². The molecule has 0 saturated carbocycles. The lowest BCUT2D eigenvalue weighted by molar-refractivity contribution is -0.146. The molecule has 1 fully saturated rings. The Labute approximate surface area is 116 Å². The fraction of sp³-hybridized carbons (Fsp3) is 0.846. The first-order chi connectivity index (χ1) is 8.56. The zero-order valence-corrected chi connectivity index (χ0v) is 13.8. The van der Waals surface area contributed by atoms with E-state index in [0.717, 1.165) is 12.1 Å². The number of methoxy groups -OCH3 is 1. The van der Waals surface area contributed by atoms with Gasteiger partial charge in [0, 0.05) is 6.54 Å². The fourth-order valence-electron chi connectivity index (χ4n) is 2.20. The summed E-state index contributed by atoms with van der Waals surface area (Å²) in [6.07, 6.45) is -0.424. The van der Waals surface area contributed by atoms with Gasteiger partial charge in [0.25, 0.3) is 0 Å². The highest BCUT2D eigenvalue weighted by Crippen LogP contribution is 2.29. The SMILES string of the molecule is COC(=O)C1C[Si](C)(C)CCN1C(=O)OC(C)(C)C. The van der Waals surface area contributed by atoms with Gasteiger partial charge in [-0.1, -0.05) is 13.1 Å². The number of esters is 1. The first-order valence-electron chi connectivity index (χ1n) is 6.63. The van der Waals surface area contributed by atoms with Crippen molar-refractivity contribution < 1.29 is 19.1 Å². The predicted octanol–water partition coefficient (Wildman–Crippen LogP) is 2.49. The number of carbonyl (C=O) groups excluding carboxylic acids is 2. The summed E-state index contributed by atoms with van der Waals surface area (Å²) in [5, 5.41) is 0. The van der Waals surface area contributed by atoms with Crippen LogP contribution in [-0.2, 0) is 14.3 Å². The van der Waals surface area contributed by atoms with E-state index in [1.54, 1.807) is 0 Å².